The fraction of sp³-hybridized carbons (Fsp3) is 0.737. The summed E-state index contributed by atoms with van der Waals surface area (Å²) in [6.07, 6.45) is 3.25. The maximum atomic E-state index is 13.4. The lowest BCUT2D eigenvalue weighted by Gasteiger charge is -2.60. The molecule has 0 amide bonds. The molecule has 31 heavy (non-hydrogen) atoms. The molecule has 0 aliphatic heterocycles. The molecule has 4 aliphatic rings. The van der Waals surface area contributed by atoms with Crippen LogP contribution in [0.15, 0.2) is 12.2 Å². The van der Waals surface area contributed by atoms with Crippen LogP contribution in [0.1, 0.15) is 45.4 Å². The molecule has 0 N–H and O–H groups in total. The number of alkyl halides is 2. The molecule has 174 valence electrons. The molecule has 4 bridgehead atoms. The highest BCUT2D eigenvalue weighted by molar-refractivity contribution is 7.87. The molecule has 0 aromatic carbocycles. The predicted octanol–water partition coefficient (Wildman–Crippen LogP) is 1.67. The topological polar surface area (TPSA) is 136 Å². The van der Waals surface area contributed by atoms with Gasteiger partial charge < -0.3 is 18.8 Å². The van der Waals surface area contributed by atoms with Gasteiger partial charge in [0.15, 0.2) is 16.7 Å². The summed E-state index contributed by atoms with van der Waals surface area (Å²) < 4.78 is 73.8. The van der Waals surface area contributed by atoms with Crippen LogP contribution in [0, 0.1) is 17.3 Å². The Labute approximate surface area is 177 Å². The Morgan fingerprint density at radius 1 is 1.13 bits per heavy atom. The highest BCUT2D eigenvalue weighted by Gasteiger charge is 2.60. The van der Waals surface area contributed by atoms with Gasteiger partial charge in [-0.05, 0) is 57.3 Å². The van der Waals surface area contributed by atoms with Gasteiger partial charge in [-0.3, -0.25) is 0 Å². The van der Waals surface area contributed by atoms with Gasteiger partial charge in [0, 0.05) is 11.0 Å². The van der Waals surface area contributed by atoms with Gasteiger partial charge in [0.25, 0.3) is 0 Å². The highest BCUT2D eigenvalue weighted by atomic mass is 32.2. The van der Waals surface area contributed by atoms with Crippen molar-refractivity contribution in [3.63, 3.8) is 0 Å². The average Bonchev–Trinajstić information content (AvgIpc) is 2.61. The van der Waals surface area contributed by atoms with Gasteiger partial charge in [-0.1, -0.05) is 6.58 Å². The monoisotopic (exact) mass is 465 g/mol. The minimum absolute atomic E-state index is 0.106. The van der Waals surface area contributed by atoms with Crippen molar-refractivity contribution in [3.05, 3.63) is 12.2 Å². The summed E-state index contributed by atoms with van der Waals surface area (Å²) in [7, 11) is -6.20. The zero-order valence-electron chi connectivity index (χ0n) is 16.9. The summed E-state index contributed by atoms with van der Waals surface area (Å²) in [6.45, 7) is 3.74. The Morgan fingerprint density at radius 3 is 2.23 bits per heavy atom. The van der Waals surface area contributed by atoms with Crippen molar-refractivity contribution in [1.82, 2.24) is 0 Å². The lowest BCUT2D eigenvalue weighted by molar-refractivity contribution is -0.215. The minimum Gasteiger partial charge on any atom is -0.743 e. The van der Waals surface area contributed by atoms with Crippen LogP contribution in [-0.2, 0) is 38.7 Å². The molecule has 0 spiro atoms. The van der Waals surface area contributed by atoms with Crippen LogP contribution in [0.4, 0.5) is 8.78 Å². The first-order chi connectivity index (χ1) is 14.2. The normalized spacial score (nSPS) is 31.7. The van der Waals surface area contributed by atoms with Crippen molar-refractivity contribution < 1.29 is 50.3 Å². The number of carbonyl (C=O) groups is 3. The fourth-order valence-corrected chi connectivity index (χ4v) is 5.84. The van der Waals surface area contributed by atoms with E-state index >= 15 is 0 Å². The maximum Gasteiger partial charge on any atom is 0.428 e. The van der Waals surface area contributed by atoms with E-state index in [-0.39, 0.29) is 23.8 Å². The summed E-state index contributed by atoms with van der Waals surface area (Å²) in [4.78, 5) is 35.3. The molecule has 4 aliphatic carbocycles. The van der Waals surface area contributed by atoms with Gasteiger partial charge >= 0.3 is 23.2 Å². The molecule has 0 radical (unpaired) electrons. The van der Waals surface area contributed by atoms with E-state index in [1.54, 1.807) is 0 Å². The number of ether oxygens (including phenoxy) is 3. The Kier molecular flexibility index (Phi) is 5.94. The third kappa shape index (κ3) is 4.74. The minimum atomic E-state index is -6.20. The molecule has 0 saturated heterocycles. The quantitative estimate of drug-likeness (QED) is 0.227. The van der Waals surface area contributed by atoms with Crippen LogP contribution < -0.4 is 0 Å². The van der Waals surface area contributed by atoms with E-state index in [4.69, 9.17) is 9.47 Å². The number of esters is 3. The second kappa shape index (κ2) is 7.80. The Hall–Kier alpha value is -2.08. The zero-order chi connectivity index (χ0) is 23.2. The Bertz CT molecular complexity index is 897. The number of rotatable bonds is 8. The van der Waals surface area contributed by atoms with E-state index in [2.05, 4.69) is 11.3 Å². The van der Waals surface area contributed by atoms with Gasteiger partial charge in [-0.15, -0.1) is 0 Å². The molecule has 4 saturated carbocycles. The highest BCUT2D eigenvalue weighted by Crippen LogP contribution is 2.63. The second-order valence-electron chi connectivity index (χ2n) is 9.02. The molecule has 0 aromatic rings. The van der Waals surface area contributed by atoms with Gasteiger partial charge in [0.05, 0.1) is 6.61 Å². The van der Waals surface area contributed by atoms with Gasteiger partial charge in [0.2, 0.25) is 0 Å². The molecule has 0 heterocycles. The number of hydrogen-bond acceptors (Lipinski definition) is 9. The second-order valence-corrected chi connectivity index (χ2v) is 10.4. The van der Waals surface area contributed by atoms with Crippen molar-refractivity contribution in [3.8, 4) is 0 Å². The molecule has 0 aromatic heterocycles. The molecular weight excluding hydrogens is 442 g/mol. The Morgan fingerprint density at radius 2 is 1.71 bits per heavy atom. The summed E-state index contributed by atoms with van der Waals surface area (Å²) in [6, 6.07) is 0. The molecule has 2 atom stereocenters. The van der Waals surface area contributed by atoms with Gasteiger partial charge in [-0.25, -0.2) is 22.8 Å². The SMILES string of the molecule is C=C(C)C(=O)OCC(=O)OC12CC3CC(CC(COC(=O)C(F)(F)S(=O)(=O)[O-])(C3)C1)C2. The smallest absolute Gasteiger partial charge is 0.428 e. The van der Waals surface area contributed by atoms with Crippen molar-refractivity contribution in [1.29, 1.82) is 0 Å². The van der Waals surface area contributed by atoms with E-state index in [0.29, 0.717) is 25.7 Å². The average molecular weight is 465 g/mol. The summed E-state index contributed by atoms with van der Waals surface area (Å²) in [5.74, 6) is -3.69. The van der Waals surface area contributed by atoms with E-state index in [1.807, 2.05) is 0 Å². The summed E-state index contributed by atoms with van der Waals surface area (Å²) >= 11 is 0. The van der Waals surface area contributed by atoms with Crippen LogP contribution in [0.25, 0.3) is 0 Å². The molecule has 2 unspecified atom stereocenters. The number of halogens is 2. The Balaban J connectivity index is 1.67. The lowest BCUT2D eigenvalue weighted by Crippen LogP contribution is -2.59. The summed E-state index contributed by atoms with van der Waals surface area (Å²) in [5.41, 5.74) is -1.55. The van der Waals surface area contributed by atoms with E-state index in [9.17, 15) is 36.1 Å². The molecule has 9 nitrogen and oxygen atoms in total. The largest absolute Gasteiger partial charge is 0.743 e. The van der Waals surface area contributed by atoms with Crippen LogP contribution in [0.3, 0.4) is 0 Å². The van der Waals surface area contributed by atoms with Crippen molar-refractivity contribution in [2.45, 2.75) is 56.3 Å². The number of hydrogen-bond donors (Lipinski definition) is 0. The van der Waals surface area contributed by atoms with Crippen molar-refractivity contribution >= 4 is 28.0 Å². The predicted molar refractivity (Wildman–Crippen MR) is 97.3 cm³/mol. The van der Waals surface area contributed by atoms with Crippen molar-refractivity contribution in [2.75, 3.05) is 13.2 Å². The standard InChI is InChI=1S/C19H24F2O9S/c1-11(2)15(23)28-8-14(22)30-18-6-12-3-13(7-18)5-17(4-12,9-18)10-29-16(24)19(20,21)31(25,26)27/h12-13H,1,3-10H2,2H3,(H,25,26,27)/p-1. The molecular formula is C19H23F2O9S-. The first-order valence-electron chi connectivity index (χ1n) is 9.72. The third-order valence-corrected chi connectivity index (χ3v) is 6.98. The zero-order valence-corrected chi connectivity index (χ0v) is 17.7. The van der Waals surface area contributed by atoms with E-state index < -0.39 is 57.5 Å². The molecule has 12 heteroatoms. The van der Waals surface area contributed by atoms with E-state index in [1.165, 1.54) is 6.92 Å². The van der Waals surface area contributed by atoms with Gasteiger partial charge in [-0.2, -0.15) is 8.78 Å². The van der Waals surface area contributed by atoms with E-state index in [0.717, 1.165) is 6.42 Å². The first-order valence-corrected chi connectivity index (χ1v) is 11.1. The summed E-state index contributed by atoms with van der Waals surface area (Å²) in [5, 5.41) is -5.17. The van der Waals surface area contributed by atoms with Crippen LogP contribution in [-0.4, -0.2) is 54.9 Å². The molecule has 4 fully saturated rings. The lowest BCUT2D eigenvalue weighted by atomic mass is 9.48. The molecule has 4 rings (SSSR count). The number of carbonyl (C=O) groups excluding carboxylic acids is 3. The van der Waals surface area contributed by atoms with Crippen LogP contribution in [0.5, 0.6) is 0 Å². The van der Waals surface area contributed by atoms with Crippen LogP contribution >= 0.6 is 0 Å². The third-order valence-electron chi connectivity index (χ3n) is 6.19. The maximum absolute atomic E-state index is 13.4. The van der Waals surface area contributed by atoms with Crippen molar-refractivity contribution in [2.24, 2.45) is 17.3 Å². The first kappa shape index (κ1) is 23.6. The van der Waals surface area contributed by atoms with Crippen LogP contribution in [0.2, 0.25) is 0 Å². The fourth-order valence-electron chi connectivity index (χ4n) is 5.58. The van der Waals surface area contributed by atoms with Gasteiger partial charge in [0.1, 0.15) is 5.60 Å².